The molecule has 2 aromatic rings. The van der Waals surface area contributed by atoms with Crippen LogP contribution in [0.15, 0.2) is 48.5 Å². The van der Waals surface area contributed by atoms with Crippen molar-refractivity contribution in [1.82, 2.24) is 0 Å². The third-order valence-electron chi connectivity index (χ3n) is 3.01. The predicted molar refractivity (Wildman–Crippen MR) is 80.9 cm³/mol. The van der Waals surface area contributed by atoms with Crippen molar-refractivity contribution < 1.29 is 14.2 Å². The smallest absolute Gasteiger partial charge is 0.130 e. The van der Waals surface area contributed by atoms with Crippen LogP contribution < -0.4 is 9.47 Å². The highest BCUT2D eigenvalue weighted by Gasteiger charge is 2.08. The number of methoxy groups -OCH3 is 3. The molecule has 20 heavy (non-hydrogen) atoms. The van der Waals surface area contributed by atoms with Crippen LogP contribution in [-0.2, 0) is 4.74 Å². The van der Waals surface area contributed by atoms with Crippen molar-refractivity contribution in [3.05, 3.63) is 59.7 Å². The van der Waals surface area contributed by atoms with Gasteiger partial charge in [-0.05, 0) is 35.9 Å². The Kier molecular flexibility index (Phi) is 4.66. The summed E-state index contributed by atoms with van der Waals surface area (Å²) in [6.45, 7) is 0. The lowest BCUT2D eigenvalue weighted by Crippen LogP contribution is -1.93. The fraction of sp³-hybridized carbons (Fsp3) is 0.176. The Morgan fingerprint density at radius 3 is 2.15 bits per heavy atom. The Bertz CT molecular complexity index is 585. The van der Waals surface area contributed by atoms with Gasteiger partial charge in [-0.2, -0.15) is 0 Å². The second-order valence-electron chi connectivity index (χ2n) is 4.19. The molecule has 0 saturated heterocycles. The zero-order chi connectivity index (χ0) is 14.4. The summed E-state index contributed by atoms with van der Waals surface area (Å²) >= 11 is 0. The van der Waals surface area contributed by atoms with E-state index in [1.54, 1.807) is 21.3 Å². The Labute approximate surface area is 119 Å². The summed E-state index contributed by atoms with van der Waals surface area (Å²) in [5.41, 5.74) is 1.96. The molecule has 0 unspecified atom stereocenters. The molecule has 0 saturated carbocycles. The van der Waals surface area contributed by atoms with E-state index in [4.69, 9.17) is 14.2 Å². The van der Waals surface area contributed by atoms with Crippen LogP contribution in [-0.4, -0.2) is 21.3 Å². The van der Waals surface area contributed by atoms with Crippen molar-refractivity contribution in [3.63, 3.8) is 0 Å². The first-order valence-electron chi connectivity index (χ1n) is 6.31. The van der Waals surface area contributed by atoms with Crippen LogP contribution in [0.5, 0.6) is 11.5 Å². The monoisotopic (exact) mass is 270 g/mol. The maximum atomic E-state index is 5.49. The molecule has 2 rings (SSSR count). The number of hydrogen-bond acceptors (Lipinski definition) is 3. The van der Waals surface area contributed by atoms with Crippen molar-refractivity contribution >= 4 is 11.8 Å². The number of rotatable bonds is 5. The minimum atomic E-state index is 0.757. The summed E-state index contributed by atoms with van der Waals surface area (Å²) in [5, 5.41) is 0. The van der Waals surface area contributed by atoms with E-state index in [0.29, 0.717) is 0 Å². The van der Waals surface area contributed by atoms with Gasteiger partial charge in [0.1, 0.15) is 17.3 Å². The highest BCUT2D eigenvalue weighted by molar-refractivity contribution is 5.80. The molecule has 0 fully saturated rings. The largest absolute Gasteiger partial charge is 0.497 e. The maximum absolute atomic E-state index is 5.49. The fourth-order valence-corrected chi connectivity index (χ4v) is 1.95. The maximum Gasteiger partial charge on any atom is 0.130 e. The lowest BCUT2D eigenvalue weighted by atomic mass is 10.1. The first-order chi connectivity index (χ1) is 9.78. The minimum absolute atomic E-state index is 0.757. The van der Waals surface area contributed by atoms with Crippen molar-refractivity contribution in [2.45, 2.75) is 0 Å². The summed E-state index contributed by atoms with van der Waals surface area (Å²) in [6, 6.07) is 15.6. The summed E-state index contributed by atoms with van der Waals surface area (Å²) in [5.74, 6) is 2.38. The van der Waals surface area contributed by atoms with Gasteiger partial charge in [0.05, 0.1) is 26.9 Å². The predicted octanol–water partition coefficient (Wildman–Crippen LogP) is 3.85. The molecule has 0 aliphatic heterocycles. The number of ether oxygens (including phenoxy) is 3. The molecule has 0 aliphatic rings. The Balaban J connectivity index is 2.37. The Morgan fingerprint density at radius 2 is 1.55 bits per heavy atom. The van der Waals surface area contributed by atoms with Crippen LogP contribution in [0, 0.1) is 0 Å². The molecule has 0 bridgehead atoms. The number of hydrogen-bond donors (Lipinski definition) is 0. The van der Waals surface area contributed by atoms with Crippen LogP contribution in [0.25, 0.3) is 11.8 Å². The molecular weight excluding hydrogens is 252 g/mol. The topological polar surface area (TPSA) is 27.7 Å². The molecule has 104 valence electrons. The van der Waals surface area contributed by atoms with E-state index in [1.807, 2.05) is 54.6 Å². The lowest BCUT2D eigenvalue weighted by Gasteiger charge is -2.11. The second kappa shape index (κ2) is 6.66. The van der Waals surface area contributed by atoms with Crippen molar-refractivity contribution in [2.75, 3.05) is 21.3 Å². The van der Waals surface area contributed by atoms with Crippen LogP contribution in [0.2, 0.25) is 0 Å². The van der Waals surface area contributed by atoms with Gasteiger partial charge in [0, 0.05) is 0 Å². The minimum Gasteiger partial charge on any atom is -0.497 e. The zero-order valence-electron chi connectivity index (χ0n) is 11.9. The number of benzene rings is 2. The molecule has 0 atom stereocenters. The molecule has 3 nitrogen and oxygen atoms in total. The van der Waals surface area contributed by atoms with Crippen LogP contribution >= 0.6 is 0 Å². The lowest BCUT2D eigenvalue weighted by molar-refractivity contribution is 0.364. The normalized spacial score (nSPS) is 11.1. The van der Waals surface area contributed by atoms with E-state index in [2.05, 4.69) is 0 Å². The molecular formula is C17H18O3. The van der Waals surface area contributed by atoms with Crippen molar-refractivity contribution in [3.8, 4) is 11.5 Å². The van der Waals surface area contributed by atoms with E-state index in [1.165, 1.54) is 0 Å². The molecule has 0 heterocycles. The third-order valence-corrected chi connectivity index (χ3v) is 3.01. The van der Waals surface area contributed by atoms with Crippen LogP contribution in [0.1, 0.15) is 11.1 Å². The summed E-state index contributed by atoms with van der Waals surface area (Å²) < 4.78 is 16.0. The van der Waals surface area contributed by atoms with E-state index < -0.39 is 0 Å². The van der Waals surface area contributed by atoms with Crippen LogP contribution in [0.4, 0.5) is 0 Å². The summed E-state index contributed by atoms with van der Waals surface area (Å²) in [4.78, 5) is 0. The standard InChI is InChI=1S/C17H18O3/c1-18-14-10-8-13(9-11-14)12-17(20-3)15-6-4-5-7-16(15)19-2/h4-12H,1-3H3/b17-12+. The molecule has 0 N–H and O–H groups in total. The SMILES string of the molecule is CO/C(=C/c1ccc(OC)cc1)c1ccccc1OC. The van der Waals surface area contributed by atoms with Gasteiger partial charge in [0.15, 0.2) is 0 Å². The fourth-order valence-electron chi connectivity index (χ4n) is 1.95. The summed E-state index contributed by atoms with van der Waals surface area (Å²) in [7, 11) is 4.96. The average Bonchev–Trinajstić information content (AvgIpc) is 2.53. The van der Waals surface area contributed by atoms with Gasteiger partial charge in [-0.3, -0.25) is 0 Å². The molecule has 2 aromatic carbocycles. The van der Waals surface area contributed by atoms with Gasteiger partial charge in [0.25, 0.3) is 0 Å². The van der Waals surface area contributed by atoms with Gasteiger partial charge >= 0.3 is 0 Å². The quantitative estimate of drug-likeness (QED) is 0.610. The molecule has 0 radical (unpaired) electrons. The molecule has 0 spiro atoms. The van der Waals surface area contributed by atoms with E-state index in [0.717, 1.165) is 28.4 Å². The Morgan fingerprint density at radius 1 is 0.850 bits per heavy atom. The third kappa shape index (κ3) is 3.12. The first-order valence-corrected chi connectivity index (χ1v) is 6.31. The highest BCUT2D eigenvalue weighted by Crippen LogP contribution is 2.28. The highest BCUT2D eigenvalue weighted by atomic mass is 16.5. The molecule has 0 aromatic heterocycles. The van der Waals surface area contributed by atoms with E-state index >= 15 is 0 Å². The molecule has 0 aliphatic carbocycles. The molecule has 3 heteroatoms. The van der Waals surface area contributed by atoms with Gasteiger partial charge in [-0.1, -0.05) is 24.3 Å². The zero-order valence-corrected chi connectivity index (χ0v) is 11.9. The van der Waals surface area contributed by atoms with Gasteiger partial charge in [0.2, 0.25) is 0 Å². The van der Waals surface area contributed by atoms with Gasteiger partial charge in [-0.15, -0.1) is 0 Å². The second-order valence-corrected chi connectivity index (χ2v) is 4.19. The first kappa shape index (κ1) is 14.0. The molecule has 0 amide bonds. The van der Waals surface area contributed by atoms with Crippen molar-refractivity contribution in [2.24, 2.45) is 0 Å². The number of para-hydroxylation sites is 1. The van der Waals surface area contributed by atoms with E-state index in [-0.39, 0.29) is 0 Å². The van der Waals surface area contributed by atoms with Crippen LogP contribution in [0.3, 0.4) is 0 Å². The Hall–Kier alpha value is -2.42. The van der Waals surface area contributed by atoms with Gasteiger partial charge < -0.3 is 14.2 Å². The average molecular weight is 270 g/mol. The summed E-state index contributed by atoms with van der Waals surface area (Å²) in [6.07, 6.45) is 1.97. The van der Waals surface area contributed by atoms with Crippen molar-refractivity contribution in [1.29, 1.82) is 0 Å². The van der Waals surface area contributed by atoms with Gasteiger partial charge in [-0.25, -0.2) is 0 Å². The van der Waals surface area contributed by atoms with E-state index in [9.17, 15) is 0 Å².